The number of ether oxygens (including phenoxy) is 2. The minimum atomic E-state index is -0.0248. The Kier molecular flexibility index (Phi) is 5.14. The largest absolute Gasteiger partial charge is 0.454 e. The molecule has 2 aromatic heterocycles. The maximum absolute atomic E-state index is 12.7. The molecule has 1 atom stereocenters. The second-order valence-corrected chi connectivity index (χ2v) is 8.41. The highest BCUT2D eigenvalue weighted by atomic mass is 32.1. The van der Waals surface area contributed by atoms with E-state index in [1.807, 2.05) is 29.6 Å². The van der Waals surface area contributed by atoms with Crippen LogP contribution in [-0.2, 0) is 4.79 Å². The summed E-state index contributed by atoms with van der Waals surface area (Å²) in [6.45, 7) is 3.89. The molecule has 1 N–H and O–H groups in total. The Bertz CT molecular complexity index is 1030. The van der Waals surface area contributed by atoms with Gasteiger partial charge in [-0.05, 0) is 56.4 Å². The van der Waals surface area contributed by atoms with Gasteiger partial charge in [0.2, 0.25) is 18.6 Å². The number of nitrogens with one attached hydrogen (secondary N) is 1. The van der Waals surface area contributed by atoms with Crippen molar-refractivity contribution in [1.82, 2.24) is 15.1 Å². The van der Waals surface area contributed by atoms with E-state index in [1.54, 1.807) is 17.4 Å². The molecule has 1 aromatic carbocycles. The van der Waals surface area contributed by atoms with Gasteiger partial charge in [0.1, 0.15) is 0 Å². The summed E-state index contributed by atoms with van der Waals surface area (Å²) in [6.07, 6.45) is 1.57. The molecule has 5 rings (SSSR count). The number of likely N-dealkylation sites (tertiary alicyclic amines) is 1. The van der Waals surface area contributed by atoms with Crippen LogP contribution in [0.4, 0.5) is 5.69 Å². The Hall–Kier alpha value is -2.91. The van der Waals surface area contributed by atoms with Gasteiger partial charge in [-0.1, -0.05) is 6.07 Å². The molecule has 156 valence electrons. The lowest BCUT2D eigenvalue weighted by atomic mass is 9.95. The molecule has 1 saturated heterocycles. The number of benzene rings is 1. The summed E-state index contributed by atoms with van der Waals surface area (Å²) in [4.78, 5) is 16.0. The van der Waals surface area contributed by atoms with Crippen molar-refractivity contribution in [2.24, 2.45) is 5.92 Å². The SMILES string of the molecule is C[C@@H](c1nnc(-c2cccs2)o1)N1CCC(C(=O)Nc2ccc3c(c2)OCO3)CC1. The lowest BCUT2D eigenvalue weighted by Gasteiger charge is -2.33. The molecule has 0 unspecified atom stereocenters. The van der Waals surface area contributed by atoms with E-state index in [0.29, 0.717) is 23.3 Å². The third-order valence-electron chi connectivity index (χ3n) is 5.62. The molecule has 3 aromatic rings. The number of piperidine rings is 1. The molecule has 1 amide bonds. The van der Waals surface area contributed by atoms with Gasteiger partial charge < -0.3 is 19.2 Å². The summed E-state index contributed by atoms with van der Waals surface area (Å²) < 4.78 is 16.6. The van der Waals surface area contributed by atoms with Gasteiger partial charge in [-0.15, -0.1) is 21.5 Å². The topological polar surface area (TPSA) is 89.7 Å². The van der Waals surface area contributed by atoms with E-state index in [1.165, 1.54) is 0 Å². The summed E-state index contributed by atoms with van der Waals surface area (Å²) in [6, 6.07) is 9.41. The molecular formula is C21H22N4O4S. The Morgan fingerprint density at radius 3 is 2.83 bits per heavy atom. The number of amides is 1. The molecule has 0 saturated carbocycles. The molecule has 0 radical (unpaired) electrons. The molecule has 9 heteroatoms. The van der Waals surface area contributed by atoms with E-state index in [2.05, 4.69) is 27.3 Å². The van der Waals surface area contributed by atoms with Crippen LogP contribution in [0.15, 0.2) is 40.1 Å². The van der Waals surface area contributed by atoms with Crippen molar-refractivity contribution >= 4 is 22.9 Å². The van der Waals surface area contributed by atoms with Crippen molar-refractivity contribution in [3.05, 3.63) is 41.6 Å². The van der Waals surface area contributed by atoms with E-state index in [-0.39, 0.29) is 24.7 Å². The Morgan fingerprint density at radius 1 is 1.20 bits per heavy atom. The number of carbonyl (C=O) groups is 1. The van der Waals surface area contributed by atoms with Gasteiger partial charge in [0, 0.05) is 17.7 Å². The monoisotopic (exact) mass is 426 g/mol. The van der Waals surface area contributed by atoms with Crippen LogP contribution in [0.5, 0.6) is 11.5 Å². The van der Waals surface area contributed by atoms with Crippen LogP contribution in [0.1, 0.15) is 31.7 Å². The minimum absolute atomic E-state index is 0.0177. The van der Waals surface area contributed by atoms with E-state index in [0.717, 1.165) is 36.5 Å². The summed E-state index contributed by atoms with van der Waals surface area (Å²) >= 11 is 1.58. The van der Waals surface area contributed by atoms with Crippen LogP contribution in [-0.4, -0.2) is 40.9 Å². The van der Waals surface area contributed by atoms with Crippen LogP contribution in [0.2, 0.25) is 0 Å². The van der Waals surface area contributed by atoms with Crippen molar-refractivity contribution in [1.29, 1.82) is 0 Å². The fourth-order valence-electron chi connectivity index (χ4n) is 3.83. The number of hydrogen-bond acceptors (Lipinski definition) is 8. The van der Waals surface area contributed by atoms with Crippen molar-refractivity contribution in [2.45, 2.75) is 25.8 Å². The smallest absolute Gasteiger partial charge is 0.257 e. The highest BCUT2D eigenvalue weighted by molar-refractivity contribution is 7.13. The van der Waals surface area contributed by atoms with Gasteiger partial charge in [0.15, 0.2) is 11.5 Å². The number of thiophene rings is 1. The average molecular weight is 426 g/mol. The third kappa shape index (κ3) is 3.78. The summed E-state index contributed by atoms with van der Waals surface area (Å²) in [5.74, 6) is 2.56. The summed E-state index contributed by atoms with van der Waals surface area (Å²) in [7, 11) is 0. The quantitative estimate of drug-likeness (QED) is 0.661. The fourth-order valence-corrected chi connectivity index (χ4v) is 4.47. The molecule has 8 nitrogen and oxygen atoms in total. The van der Waals surface area contributed by atoms with Crippen molar-refractivity contribution < 1.29 is 18.7 Å². The maximum Gasteiger partial charge on any atom is 0.257 e. The second-order valence-electron chi connectivity index (χ2n) is 7.47. The molecule has 4 heterocycles. The zero-order valence-electron chi connectivity index (χ0n) is 16.5. The van der Waals surface area contributed by atoms with Gasteiger partial charge in [0.05, 0.1) is 10.9 Å². The Labute approximate surface area is 177 Å². The maximum atomic E-state index is 12.7. The summed E-state index contributed by atoms with van der Waals surface area (Å²) in [5.41, 5.74) is 0.729. The van der Waals surface area contributed by atoms with Crippen molar-refractivity contribution in [3.63, 3.8) is 0 Å². The van der Waals surface area contributed by atoms with Gasteiger partial charge in [0.25, 0.3) is 5.89 Å². The highest BCUT2D eigenvalue weighted by Gasteiger charge is 2.30. The molecule has 2 aliphatic rings. The van der Waals surface area contributed by atoms with Gasteiger partial charge in [-0.2, -0.15) is 0 Å². The first-order valence-corrected chi connectivity index (χ1v) is 10.9. The molecular weight excluding hydrogens is 404 g/mol. The lowest BCUT2D eigenvalue weighted by molar-refractivity contribution is -0.121. The lowest BCUT2D eigenvalue weighted by Crippen LogP contribution is -2.39. The van der Waals surface area contributed by atoms with Gasteiger partial charge in [-0.3, -0.25) is 9.69 Å². The molecule has 2 aliphatic heterocycles. The average Bonchev–Trinajstić information content (AvgIpc) is 3.54. The number of hydrogen-bond donors (Lipinski definition) is 1. The van der Waals surface area contributed by atoms with Crippen molar-refractivity contribution in [2.75, 3.05) is 25.2 Å². The molecule has 0 spiro atoms. The molecule has 0 bridgehead atoms. The first-order chi connectivity index (χ1) is 14.7. The number of nitrogens with zero attached hydrogens (tertiary/aromatic N) is 3. The fraction of sp³-hybridized carbons (Fsp3) is 0.381. The van der Waals surface area contributed by atoms with Crippen molar-refractivity contribution in [3.8, 4) is 22.3 Å². The molecule has 0 aliphatic carbocycles. The van der Waals surface area contributed by atoms with Crippen LogP contribution < -0.4 is 14.8 Å². The first-order valence-electron chi connectivity index (χ1n) is 9.99. The zero-order valence-corrected chi connectivity index (χ0v) is 17.4. The van der Waals surface area contributed by atoms with E-state index >= 15 is 0 Å². The van der Waals surface area contributed by atoms with E-state index in [4.69, 9.17) is 13.9 Å². The molecule has 30 heavy (non-hydrogen) atoms. The van der Waals surface area contributed by atoms with Crippen LogP contribution >= 0.6 is 11.3 Å². The van der Waals surface area contributed by atoms with E-state index in [9.17, 15) is 4.79 Å². The number of anilines is 1. The highest BCUT2D eigenvalue weighted by Crippen LogP contribution is 2.35. The minimum Gasteiger partial charge on any atom is -0.454 e. The van der Waals surface area contributed by atoms with Gasteiger partial charge >= 0.3 is 0 Å². The Morgan fingerprint density at radius 2 is 2.03 bits per heavy atom. The predicted octanol–water partition coefficient (Wildman–Crippen LogP) is 3.94. The zero-order chi connectivity index (χ0) is 20.5. The third-order valence-corrected chi connectivity index (χ3v) is 6.48. The number of rotatable bonds is 5. The van der Waals surface area contributed by atoms with Crippen LogP contribution in [0.3, 0.4) is 0 Å². The summed E-state index contributed by atoms with van der Waals surface area (Å²) in [5, 5.41) is 13.4. The van der Waals surface area contributed by atoms with Crippen LogP contribution in [0.25, 0.3) is 10.8 Å². The standard InChI is InChI=1S/C21H22N4O4S/c1-13(20-23-24-21(29-20)18-3-2-10-30-18)25-8-6-14(7-9-25)19(26)22-15-4-5-16-17(11-15)28-12-27-16/h2-5,10-11,13-14H,6-9,12H2,1H3,(H,22,26)/t13-/m0/s1. The predicted molar refractivity (Wildman–Crippen MR) is 112 cm³/mol. The first kappa shape index (κ1) is 19.1. The van der Waals surface area contributed by atoms with Crippen LogP contribution in [0, 0.1) is 5.92 Å². The number of aromatic nitrogens is 2. The number of fused-ring (bicyclic) bond motifs is 1. The van der Waals surface area contributed by atoms with Gasteiger partial charge in [-0.25, -0.2) is 0 Å². The normalized spacial score (nSPS) is 17.8. The molecule has 1 fully saturated rings. The van der Waals surface area contributed by atoms with E-state index < -0.39 is 0 Å². The Balaban J connectivity index is 1.16. The number of carbonyl (C=O) groups excluding carboxylic acids is 1. The second kappa shape index (κ2) is 8.08.